The first-order valence-electron chi connectivity index (χ1n) is 5.83. The minimum atomic E-state index is -0.677. The molecule has 0 amide bonds. The Labute approximate surface area is 115 Å². The van der Waals surface area contributed by atoms with Crippen LogP contribution in [0.1, 0.15) is 18.4 Å². The first kappa shape index (κ1) is 13.3. The minimum absolute atomic E-state index is 0.0960. The number of benzene rings is 1. The lowest BCUT2D eigenvalue weighted by molar-refractivity contribution is -0.192. The van der Waals surface area contributed by atoms with Gasteiger partial charge in [-0.25, -0.2) is 0 Å². The Morgan fingerprint density at radius 3 is 2.76 bits per heavy atom. The normalized spacial score (nSPS) is 29.2. The highest BCUT2D eigenvalue weighted by Crippen LogP contribution is 2.23. The number of hydrogen-bond acceptors (Lipinski definition) is 3. The first-order chi connectivity index (χ1) is 8.28. The van der Waals surface area contributed by atoms with Crippen LogP contribution in [0.15, 0.2) is 30.3 Å². The van der Waals surface area contributed by atoms with Gasteiger partial charge < -0.3 is 14.6 Å². The Kier molecular flexibility index (Phi) is 5.21. The standard InChI is InChI=1S/C13H17IO3/c14-8-12-6-11(7-13(15)17-12)16-9-10-4-2-1-3-5-10/h1-5,11-13,15H,6-9H2/t11-,12+,13-/m1/s1. The van der Waals surface area contributed by atoms with Crippen LogP contribution in [0.3, 0.4) is 0 Å². The van der Waals surface area contributed by atoms with Crippen LogP contribution in [0.25, 0.3) is 0 Å². The highest BCUT2D eigenvalue weighted by Gasteiger charge is 2.28. The van der Waals surface area contributed by atoms with Crippen LogP contribution in [0.2, 0.25) is 0 Å². The predicted molar refractivity (Wildman–Crippen MR) is 74.0 cm³/mol. The van der Waals surface area contributed by atoms with E-state index in [2.05, 4.69) is 22.6 Å². The fourth-order valence-electron chi connectivity index (χ4n) is 1.97. The van der Waals surface area contributed by atoms with Crippen LogP contribution in [-0.2, 0) is 16.1 Å². The minimum Gasteiger partial charge on any atom is -0.373 e. The quantitative estimate of drug-likeness (QED) is 0.671. The number of halogens is 1. The van der Waals surface area contributed by atoms with E-state index < -0.39 is 6.29 Å². The lowest BCUT2D eigenvalue weighted by atomic mass is 10.1. The van der Waals surface area contributed by atoms with E-state index in [1.54, 1.807) is 0 Å². The van der Waals surface area contributed by atoms with E-state index >= 15 is 0 Å². The number of hydrogen-bond donors (Lipinski definition) is 1. The van der Waals surface area contributed by atoms with E-state index in [0.717, 1.165) is 10.8 Å². The third kappa shape index (κ3) is 4.21. The third-order valence-electron chi connectivity index (χ3n) is 2.84. The van der Waals surface area contributed by atoms with Crippen molar-refractivity contribution in [3.05, 3.63) is 35.9 Å². The molecule has 2 rings (SSSR count). The van der Waals surface area contributed by atoms with Gasteiger partial charge in [-0.15, -0.1) is 0 Å². The van der Waals surface area contributed by atoms with E-state index in [4.69, 9.17) is 9.47 Å². The molecule has 0 aliphatic carbocycles. The van der Waals surface area contributed by atoms with Gasteiger partial charge in [-0.05, 0) is 5.56 Å². The number of aliphatic hydroxyl groups excluding tert-OH is 1. The Bertz CT molecular complexity index is 331. The number of rotatable bonds is 4. The van der Waals surface area contributed by atoms with Gasteiger partial charge in [0.2, 0.25) is 0 Å². The van der Waals surface area contributed by atoms with Gasteiger partial charge in [0.05, 0.1) is 18.8 Å². The third-order valence-corrected chi connectivity index (χ3v) is 3.82. The zero-order chi connectivity index (χ0) is 12.1. The summed E-state index contributed by atoms with van der Waals surface area (Å²) in [4.78, 5) is 0. The van der Waals surface area contributed by atoms with E-state index in [0.29, 0.717) is 13.0 Å². The van der Waals surface area contributed by atoms with Gasteiger partial charge in [0.15, 0.2) is 6.29 Å². The van der Waals surface area contributed by atoms with Gasteiger partial charge in [0.25, 0.3) is 0 Å². The smallest absolute Gasteiger partial charge is 0.157 e. The van der Waals surface area contributed by atoms with Crippen molar-refractivity contribution in [1.82, 2.24) is 0 Å². The van der Waals surface area contributed by atoms with Gasteiger partial charge >= 0.3 is 0 Å². The summed E-state index contributed by atoms with van der Waals surface area (Å²) in [5, 5.41) is 9.57. The molecule has 0 bridgehead atoms. The number of aliphatic hydroxyl groups is 1. The monoisotopic (exact) mass is 348 g/mol. The van der Waals surface area contributed by atoms with Gasteiger partial charge in [0.1, 0.15) is 0 Å². The van der Waals surface area contributed by atoms with Crippen molar-refractivity contribution >= 4 is 22.6 Å². The largest absolute Gasteiger partial charge is 0.373 e. The summed E-state index contributed by atoms with van der Waals surface area (Å²) < 4.78 is 12.1. The highest BCUT2D eigenvalue weighted by molar-refractivity contribution is 14.1. The molecule has 1 heterocycles. The molecule has 94 valence electrons. The summed E-state index contributed by atoms with van der Waals surface area (Å²) in [6.45, 7) is 0.603. The molecular formula is C13H17IO3. The molecule has 3 atom stereocenters. The average Bonchev–Trinajstić information content (AvgIpc) is 2.37. The SMILES string of the molecule is O[C@H]1C[C@H](OCc2ccccc2)C[C@@H](CI)O1. The maximum absolute atomic E-state index is 9.57. The number of alkyl halides is 1. The summed E-state index contributed by atoms with van der Waals surface area (Å²) in [7, 11) is 0. The maximum Gasteiger partial charge on any atom is 0.157 e. The molecule has 4 heteroatoms. The van der Waals surface area contributed by atoms with E-state index in [1.807, 2.05) is 30.3 Å². The zero-order valence-electron chi connectivity index (χ0n) is 9.59. The Balaban J connectivity index is 1.82. The molecule has 1 fully saturated rings. The maximum atomic E-state index is 9.57. The highest BCUT2D eigenvalue weighted by atomic mass is 127. The molecule has 0 aromatic heterocycles. The van der Waals surface area contributed by atoms with Crippen molar-refractivity contribution < 1.29 is 14.6 Å². The fourth-order valence-corrected chi connectivity index (χ4v) is 2.54. The van der Waals surface area contributed by atoms with Crippen LogP contribution in [0, 0.1) is 0 Å². The van der Waals surface area contributed by atoms with E-state index in [9.17, 15) is 5.11 Å². The average molecular weight is 348 g/mol. The summed E-state index contributed by atoms with van der Waals surface area (Å²) in [5.41, 5.74) is 1.17. The Morgan fingerprint density at radius 2 is 2.06 bits per heavy atom. The molecule has 17 heavy (non-hydrogen) atoms. The van der Waals surface area contributed by atoms with Crippen LogP contribution in [-0.4, -0.2) is 28.0 Å². The molecule has 1 saturated heterocycles. The van der Waals surface area contributed by atoms with Crippen LogP contribution < -0.4 is 0 Å². The van der Waals surface area contributed by atoms with Gasteiger partial charge in [-0.2, -0.15) is 0 Å². The molecule has 1 aromatic carbocycles. The van der Waals surface area contributed by atoms with Crippen molar-refractivity contribution in [3.8, 4) is 0 Å². The molecule has 1 aliphatic rings. The fraction of sp³-hybridized carbons (Fsp3) is 0.538. The van der Waals surface area contributed by atoms with Crippen LogP contribution >= 0.6 is 22.6 Å². The van der Waals surface area contributed by atoms with Crippen molar-refractivity contribution in [2.75, 3.05) is 4.43 Å². The zero-order valence-corrected chi connectivity index (χ0v) is 11.7. The Hall–Kier alpha value is -0.170. The lowest BCUT2D eigenvalue weighted by Gasteiger charge is -2.32. The Morgan fingerprint density at radius 1 is 1.29 bits per heavy atom. The van der Waals surface area contributed by atoms with Crippen molar-refractivity contribution in [3.63, 3.8) is 0 Å². The molecule has 1 aromatic rings. The van der Waals surface area contributed by atoms with E-state index in [-0.39, 0.29) is 12.2 Å². The summed E-state index contributed by atoms with van der Waals surface area (Å²) in [6, 6.07) is 10.1. The van der Waals surface area contributed by atoms with Gasteiger partial charge in [0, 0.05) is 17.3 Å². The first-order valence-corrected chi connectivity index (χ1v) is 7.35. The van der Waals surface area contributed by atoms with Crippen molar-refractivity contribution in [2.45, 2.75) is 37.9 Å². The van der Waals surface area contributed by atoms with Gasteiger partial charge in [-0.1, -0.05) is 52.9 Å². The number of ether oxygens (including phenoxy) is 2. The van der Waals surface area contributed by atoms with Gasteiger partial charge in [-0.3, -0.25) is 0 Å². The predicted octanol–water partition coefficient (Wildman–Crippen LogP) is 2.50. The summed E-state index contributed by atoms with van der Waals surface area (Å²) in [6.07, 6.45) is 0.968. The molecule has 0 radical (unpaired) electrons. The molecule has 1 N–H and O–H groups in total. The van der Waals surface area contributed by atoms with Crippen molar-refractivity contribution in [2.24, 2.45) is 0 Å². The molecular weight excluding hydrogens is 331 g/mol. The van der Waals surface area contributed by atoms with Crippen LogP contribution in [0.5, 0.6) is 0 Å². The topological polar surface area (TPSA) is 38.7 Å². The van der Waals surface area contributed by atoms with E-state index in [1.165, 1.54) is 5.56 Å². The molecule has 0 spiro atoms. The molecule has 0 saturated carbocycles. The second kappa shape index (κ2) is 6.68. The van der Waals surface area contributed by atoms with Crippen molar-refractivity contribution in [1.29, 1.82) is 0 Å². The molecule has 1 aliphatic heterocycles. The second-order valence-electron chi connectivity index (χ2n) is 4.26. The lowest BCUT2D eigenvalue weighted by Crippen LogP contribution is -2.37. The summed E-state index contributed by atoms with van der Waals surface area (Å²) in [5.74, 6) is 0. The molecule has 3 nitrogen and oxygen atoms in total. The molecule has 0 unspecified atom stereocenters. The second-order valence-corrected chi connectivity index (χ2v) is 5.14. The van der Waals surface area contributed by atoms with Crippen LogP contribution in [0.4, 0.5) is 0 Å². The summed E-state index contributed by atoms with van der Waals surface area (Å²) >= 11 is 2.28.